The van der Waals surface area contributed by atoms with Crippen LogP contribution in [0.4, 0.5) is 0 Å². The lowest BCUT2D eigenvalue weighted by Crippen LogP contribution is -2.12. The Morgan fingerprint density at radius 1 is 1.71 bits per heavy atom. The van der Waals surface area contributed by atoms with Gasteiger partial charge >= 0.3 is 0 Å². The van der Waals surface area contributed by atoms with Crippen molar-refractivity contribution in [3.63, 3.8) is 0 Å². The van der Waals surface area contributed by atoms with Crippen molar-refractivity contribution in [3.8, 4) is 0 Å². The molecule has 0 radical (unpaired) electrons. The summed E-state index contributed by atoms with van der Waals surface area (Å²) in [6.07, 6.45) is 2.00. The van der Waals surface area contributed by atoms with Crippen LogP contribution in [0.15, 0.2) is 10.7 Å². The summed E-state index contributed by atoms with van der Waals surface area (Å²) in [5.74, 6) is 0. The fourth-order valence-corrected chi connectivity index (χ4v) is 1.83. The summed E-state index contributed by atoms with van der Waals surface area (Å²) in [5, 5.41) is 13.8. The largest absolute Gasteiger partial charge is 0.384 e. The van der Waals surface area contributed by atoms with Crippen LogP contribution in [-0.2, 0) is 11.8 Å². The second-order valence-electron chi connectivity index (χ2n) is 3.09. The lowest BCUT2D eigenvalue weighted by molar-refractivity contribution is 0.0320. The predicted octanol–water partition coefficient (Wildman–Crippen LogP) is 1.64. The zero-order chi connectivity index (χ0) is 10.6. The van der Waals surface area contributed by atoms with Gasteiger partial charge in [0.25, 0.3) is 0 Å². The molecule has 14 heavy (non-hydrogen) atoms. The molecule has 4 nitrogen and oxygen atoms in total. The molecular weight excluding hydrogens is 248 g/mol. The van der Waals surface area contributed by atoms with E-state index in [4.69, 9.17) is 4.74 Å². The fourth-order valence-electron chi connectivity index (χ4n) is 1.21. The fraction of sp³-hybridized carbons (Fsp3) is 0.667. The van der Waals surface area contributed by atoms with Crippen molar-refractivity contribution in [1.82, 2.24) is 9.78 Å². The number of rotatable bonds is 5. The van der Waals surface area contributed by atoms with Crippen molar-refractivity contribution in [2.45, 2.75) is 19.4 Å². The Hall–Kier alpha value is -0.390. The normalized spacial score (nSPS) is 13.1. The SMILES string of the molecule is CCCOCC(O)c1c(Br)cnn1C. The number of hydrogen-bond acceptors (Lipinski definition) is 3. The first-order valence-electron chi connectivity index (χ1n) is 4.60. The van der Waals surface area contributed by atoms with Gasteiger partial charge in [0.05, 0.1) is 23.0 Å². The van der Waals surface area contributed by atoms with Gasteiger partial charge in [-0.1, -0.05) is 6.92 Å². The molecule has 0 bridgehead atoms. The van der Waals surface area contributed by atoms with E-state index >= 15 is 0 Å². The van der Waals surface area contributed by atoms with E-state index in [2.05, 4.69) is 21.0 Å². The molecule has 0 aliphatic carbocycles. The molecule has 1 atom stereocenters. The van der Waals surface area contributed by atoms with Crippen LogP contribution in [0, 0.1) is 0 Å². The Labute approximate surface area is 92.0 Å². The highest BCUT2D eigenvalue weighted by Crippen LogP contribution is 2.22. The maximum Gasteiger partial charge on any atom is 0.120 e. The van der Waals surface area contributed by atoms with Crippen LogP contribution < -0.4 is 0 Å². The van der Waals surface area contributed by atoms with Gasteiger partial charge in [0.2, 0.25) is 0 Å². The van der Waals surface area contributed by atoms with Gasteiger partial charge in [0.15, 0.2) is 0 Å². The molecule has 0 aliphatic heterocycles. The second-order valence-corrected chi connectivity index (χ2v) is 3.95. The molecule has 0 fully saturated rings. The van der Waals surface area contributed by atoms with E-state index in [9.17, 15) is 5.11 Å². The Kier molecular flexibility index (Phi) is 4.57. The molecule has 1 N–H and O–H groups in total. The summed E-state index contributed by atoms with van der Waals surface area (Å²) in [7, 11) is 1.79. The van der Waals surface area contributed by atoms with Gasteiger partial charge in [-0.2, -0.15) is 5.10 Å². The predicted molar refractivity (Wildman–Crippen MR) is 57.0 cm³/mol. The number of aliphatic hydroxyl groups excluding tert-OH is 1. The molecule has 5 heteroatoms. The average Bonchev–Trinajstić information content (AvgIpc) is 2.46. The van der Waals surface area contributed by atoms with E-state index in [1.807, 2.05) is 6.92 Å². The smallest absolute Gasteiger partial charge is 0.120 e. The van der Waals surface area contributed by atoms with Crippen molar-refractivity contribution in [1.29, 1.82) is 0 Å². The molecule has 0 spiro atoms. The highest BCUT2D eigenvalue weighted by molar-refractivity contribution is 9.10. The van der Waals surface area contributed by atoms with Crippen LogP contribution >= 0.6 is 15.9 Å². The van der Waals surface area contributed by atoms with Gasteiger partial charge in [-0.05, 0) is 22.4 Å². The van der Waals surface area contributed by atoms with Crippen molar-refractivity contribution in [2.75, 3.05) is 13.2 Å². The molecule has 1 rings (SSSR count). The van der Waals surface area contributed by atoms with Crippen molar-refractivity contribution in [3.05, 3.63) is 16.4 Å². The highest BCUT2D eigenvalue weighted by Gasteiger charge is 2.15. The number of aromatic nitrogens is 2. The maximum absolute atomic E-state index is 9.78. The van der Waals surface area contributed by atoms with E-state index in [-0.39, 0.29) is 0 Å². The summed E-state index contributed by atoms with van der Waals surface area (Å²) in [6.45, 7) is 3.02. The zero-order valence-electron chi connectivity index (χ0n) is 8.40. The van der Waals surface area contributed by atoms with Gasteiger partial charge in [0, 0.05) is 13.7 Å². The minimum atomic E-state index is -0.622. The number of hydrogen-bond donors (Lipinski definition) is 1. The zero-order valence-corrected chi connectivity index (χ0v) is 9.99. The molecule has 1 aromatic heterocycles. The molecule has 0 saturated carbocycles. The molecule has 1 aromatic rings. The minimum absolute atomic E-state index is 0.311. The topological polar surface area (TPSA) is 47.3 Å². The molecule has 0 amide bonds. The van der Waals surface area contributed by atoms with Crippen LogP contribution in [-0.4, -0.2) is 28.1 Å². The van der Waals surface area contributed by atoms with Crippen LogP contribution in [0.2, 0.25) is 0 Å². The molecule has 1 unspecified atom stereocenters. The Balaban J connectivity index is 2.55. The van der Waals surface area contributed by atoms with E-state index in [1.54, 1.807) is 17.9 Å². The van der Waals surface area contributed by atoms with Crippen molar-refractivity contribution >= 4 is 15.9 Å². The summed E-state index contributed by atoms with van der Waals surface area (Å²) < 4.78 is 7.72. The monoisotopic (exact) mass is 262 g/mol. The molecule has 80 valence electrons. The van der Waals surface area contributed by atoms with E-state index in [0.29, 0.717) is 13.2 Å². The Bertz CT molecular complexity index is 269. The first-order valence-corrected chi connectivity index (χ1v) is 5.39. The van der Waals surface area contributed by atoms with E-state index in [0.717, 1.165) is 16.6 Å². The van der Waals surface area contributed by atoms with Gasteiger partial charge < -0.3 is 9.84 Å². The number of ether oxygens (including phenoxy) is 1. The summed E-state index contributed by atoms with van der Waals surface area (Å²) in [6, 6.07) is 0. The van der Waals surface area contributed by atoms with Gasteiger partial charge in [-0.15, -0.1) is 0 Å². The number of aliphatic hydroxyl groups is 1. The Morgan fingerprint density at radius 2 is 2.43 bits per heavy atom. The number of aryl methyl sites for hydroxylation is 1. The van der Waals surface area contributed by atoms with Crippen LogP contribution in [0.3, 0.4) is 0 Å². The molecule has 0 saturated heterocycles. The third kappa shape index (κ3) is 2.80. The lowest BCUT2D eigenvalue weighted by atomic mass is 10.3. The van der Waals surface area contributed by atoms with Crippen LogP contribution in [0.25, 0.3) is 0 Å². The second kappa shape index (κ2) is 5.48. The van der Waals surface area contributed by atoms with E-state index in [1.165, 1.54) is 0 Å². The summed E-state index contributed by atoms with van der Waals surface area (Å²) in [5.41, 5.74) is 0.751. The van der Waals surface area contributed by atoms with Crippen LogP contribution in [0.1, 0.15) is 25.1 Å². The minimum Gasteiger partial charge on any atom is -0.384 e. The van der Waals surface area contributed by atoms with Crippen LogP contribution in [0.5, 0.6) is 0 Å². The summed E-state index contributed by atoms with van der Waals surface area (Å²) in [4.78, 5) is 0. The third-order valence-electron chi connectivity index (χ3n) is 1.88. The third-order valence-corrected chi connectivity index (χ3v) is 2.49. The standard InChI is InChI=1S/C9H15BrN2O2/c1-3-4-14-6-8(13)9-7(10)5-11-12(9)2/h5,8,13H,3-4,6H2,1-2H3. The molecular formula is C9H15BrN2O2. The van der Waals surface area contributed by atoms with Gasteiger partial charge in [-0.25, -0.2) is 0 Å². The van der Waals surface area contributed by atoms with E-state index < -0.39 is 6.10 Å². The van der Waals surface area contributed by atoms with Gasteiger partial charge in [0.1, 0.15) is 6.10 Å². The van der Waals surface area contributed by atoms with Gasteiger partial charge in [-0.3, -0.25) is 4.68 Å². The highest BCUT2D eigenvalue weighted by atomic mass is 79.9. The maximum atomic E-state index is 9.78. The quantitative estimate of drug-likeness (QED) is 0.821. The Morgan fingerprint density at radius 3 is 2.93 bits per heavy atom. The molecule has 1 heterocycles. The molecule has 0 aliphatic rings. The summed E-state index contributed by atoms with van der Waals surface area (Å²) >= 11 is 3.33. The molecule has 0 aromatic carbocycles. The first kappa shape index (κ1) is 11.7. The van der Waals surface area contributed by atoms with Crippen molar-refractivity contribution < 1.29 is 9.84 Å². The number of nitrogens with zero attached hydrogens (tertiary/aromatic N) is 2. The lowest BCUT2D eigenvalue weighted by Gasteiger charge is -2.11. The average molecular weight is 263 g/mol. The first-order chi connectivity index (χ1) is 6.66. The number of halogens is 1. The van der Waals surface area contributed by atoms with Crippen molar-refractivity contribution in [2.24, 2.45) is 7.05 Å².